The van der Waals surface area contributed by atoms with Crippen LogP contribution in [-0.4, -0.2) is 26.3 Å². The van der Waals surface area contributed by atoms with Crippen molar-refractivity contribution in [3.8, 4) is 10.8 Å². The number of aromatic nitrogens is 4. The van der Waals surface area contributed by atoms with Gasteiger partial charge < -0.3 is 9.88 Å². The van der Waals surface area contributed by atoms with Gasteiger partial charge in [0.1, 0.15) is 5.82 Å². The van der Waals surface area contributed by atoms with Crippen LogP contribution in [0.25, 0.3) is 21.0 Å². The van der Waals surface area contributed by atoms with E-state index in [9.17, 15) is 0 Å². The Morgan fingerprint density at radius 3 is 3.00 bits per heavy atom. The zero-order valence-electron chi connectivity index (χ0n) is 10.0. The minimum absolute atomic E-state index is 0. The molecule has 1 aliphatic rings. The molecular weight excluding hydrogens is 282 g/mol. The lowest BCUT2D eigenvalue weighted by Crippen LogP contribution is -2.28. The molecular formula is C12H12ClN5S. The standard InChI is InChI=1S/C12H11N5S.ClH/c1-2-4-9-8(3-1)14-12(18-9)11-16-15-10-7-13-5-6-17(10)11;/h1-4,13H,5-7H2;1H. The van der Waals surface area contributed by atoms with Crippen molar-refractivity contribution < 1.29 is 0 Å². The van der Waals surface area contributed by atoms with Crippen molar-refractivity contribution >= 4 is 34.0 Å². The van der Waals surface area contributed by atoms with Gasteiger partial charge in [-0.1, -0.05) is 12.1 Å². The van der Waals surface area contributed by atoms with E-state index in [1.165, 1.54) is 4.70 Å². The van der Waals surface area contributed by atoms with E-state index in [4.69, 9.17) is 0 Å². The molecule has 1 aromatic carbocycles. The summed E-state index contributed by atoms with van der Waals surface area (Å²) in [4.78, 5) is 4.64. The molecule has 7 heteroatoms. The summed E-state index contributed by atoms with van der Waals surface area (Å²) in [5, 5.41) is 12.8. The van der Waals surface area contributed by atoms with E-state index in [0.29, 0.717) is 0 Å². The van der Waals surface area contributed by atoms with Gasteiger partial charge in [0.2, 0.25) is 0 Å². The summed E-state index contributed by atoms with van der Waals surface area (Å²) in [7, 11) is 0. The van der Waals surface area contributed by atoms with Crippen LogP contribution in [0.1, 0.15) is 5.82 Å². The van der Waals surface area contributed by atoms with E-state index in [1.807, 2.05) is 18.2 Å². The van der Waals surface area contributed by atoms with Gasteiger partial charge in [-0.15, -0.1) is 33.9 Å². The molecule has 0 saturated heterocycles. The first-order valence-corrected chi connectivity index (χ1v) is 6.72. The summed E-state index contributed by atoms with van der Waals surface area (Å²) in [6.07, 6.45) is 0. The highest BCUT2D eigenvalue weighted by Crippen LogP contribution is 2.29. The normalized spacial score (nSPS) is 14.1. The maximum Gasteiger partial charge on any atom is 0.193 e. The quantitative estimate of drug-likeness (QED) is 0.746. The highest BCUT2D eigenvalue weighted by molar-refractivity contribution is 7.21. The van der Waals surface area contributed by atoms with Gasteiger partial charge in [-0.05, 0) is 12.1 Å². The lowest BCUT2D eigenvalue weighted by molar-refractivity contribution is 0.508. The van der Waals surface area contributed by atoms with Crippen LogP contribution in [0, 0.1) is 0 Å². The molecule has 3 aromatic rings. The molecule has 0 aliphatic carbocycles. The lowest BCUT2D eigenvalue weighted by atomic mass is 10.3. The molecule has 2 aromatic heterocycles. The van der Waals surface area contributed by atoms with Crippen LogP contribution < -0.4 is 5.32 Å². The smallest absolute Gasteiger partial charge is 0.193 e. The predicted octanol–water partition coefficient (Wildman–Crippen LogP) is 2.08. The first-order chi connectivity index (χ1) is 8.92. The zero-order chi connectivity index (χ0) is 11.9. The van der Waals surface area contributed by atoms with Crippen LogP contribution in [0.15, 0.2) is 24.3 Å². The molecule has 0 atom stereocenters. The molecule has 0 unspecified atom stereocenters. The van der Waals surface area contributed by atoms with Crippen molar-refractivity contribution in [3.05, 3.63) is 30.1 Å². The number of hydrogen-bond acceptors (Lipinski definition) is 5. The van der Waals surface area contributed by atoms with E-state index in [0.717, 1.165) is 41.8 Å². The number of fused-ring (bicyclic) bond motifs is 2. The van der Waals surface area contributed by atoms with Crippen molar-refractivity contribution in [2.75, 3.05) is 6.54 Å². The molecule has 4 rings (SSSR count). The Morgan fingerprint density at radius 2 is 2.11 bits per heavy atom. The van der Waals surface area contributed by atoms with Gasteiger partial charge in [0.15, 0.2) is 10.8 Å². The van der Waals surface area contributed by atoms with E-state index in [2.05, 4.69) is 31.1 Å². The van der Waals surface area contributed by atoms with Crippen LogP contribution in [0.3, 0.4) is 0 Å². The van der Waals surface area contributed by atoms with Gasteiger partial charge in [0, 0.05) is 13.1 Å². The van der Waals surface area contributed by atoms with Crippen LogP contribution in [0.5, 0.6) is 0 Å². The Morgan fingerprint density at radius 1 is 1.21 bits per heavy atom. The van der Waals surface area contributed by atoms with Crippen molar-refractivity contribution in [3.63, 3.8) is 0 Å². The fraction of sp³-hybridized carbons (Fsp3) is 0.250. The Hall–Kier alpha value is -1.50. The minimum Gasteiger partial charge on any atom is -0.308 e. The van der Waals surface area contributed by atoms with E-state index < -0.39 is 0 Å². The zero-order valence-corrected chi connectivity index (χ0v) is 11.7. The number of nitrogens with one attached hydrogen (secondary N) is 1. The number of halogens is 1. The SMILES string of the molecule is Cl.c1ccc2sc(-c3nnc4n3CCNC4)nc2c1. The second kappa shape index (κ2) is 4.88. The number of rotatable bonds is 1. The van der Waals surface area contributed by atoms with E-state index >= 15 is 0 Å². The van der Waals surface area contributed by atoms with E-state index in [1.54, 1.807) is 11.3 Å². The molecule has 5 nitrogen and oxygen atoms in total. The predicted molar refractivity (Wildman–Crippen MR) is 77.6 cm³/mol. The molecule has 0 amide bonds. The summed E-state index contributed by atoms with van der Waals surface area (Å²) >= 11 is 1.67. The number of para-hydroxylation sites is 1. The van der Waals surface area contributed by atoms with Crippen molar-refractivity contribution in [1.29, 1.82) is 0 Å². The summed E-state index contributed by atoms with van der Waals surface area (Å²) in [6.45, 7) is 2.66. The Kier molecular flexibility index (Phi) is 3.22. The highest BCUT2D eigenvalue weighted by Gasteiger charge is 2.19. The van der Waals surface area contributed by atoms with Gasteiger partial charge in [-0.2, -0.15) is 0 Å². The van der Waals surface area contributed by atoms with Crippen LogP contribution in [0.2, 0.25) is 0 Å². The number of thiazole rings is 1. The van der Waals surface area contributed by atoms with Gasteiger partial charge in [-0.25, -0.2) is 4.98 Å². The largest absolute Gasteiger partial charge is 0.308 e. The Bertz CT molecular complexity index is 687. The van der Waals surface area contributed by atoms with Gasteiger partial charge in [0.25, 0.3) is 0 Å². The molecule has 0 saturated carbocycles. The first kappa shape index (κ1) is 12.5. The second-order valence-corrected chi connectivity index (χ2v) is 5.29. The second-order valence-electron chi connectivity index (χ2n) is 4.25. The fourth-order valence-corrected chi connectivity index (χ4v) is 3.18. The minimum atomic E-state index is 0. The monoisotopic (exact) mass is 293 g/mol. The molecule has 3 heterocycles. The van der Waals surface area contributed by atoms with Gasteiger partial charge in [-0.3, -0.25) is 0 Å². The summed E-state index contributed by atoms with van der Waals surface area (Å²) < 4.78 is 3.35. The Balaban J connectivity index is 0.00000110. The van der Waals surface area contributed by atoms with Crippen molar-refractivity contribution in [1.82, 2.24) is 25.1 Å². The number of hydrogen-bond donors (Lipinski definition) is 1. The average Bonchev–Trinajstić information content (AvgIpc) is 3.02. The van der Waals surface area contributed by atoms with Crippen molar-refractivity contribution in [2.24, 2.45) is 0 Å². The Labute approximate surface area is 120 Å². The molecule has 98 valence electrons. The highest BCUT2D eigenvalue weighted by atomic mass is 35.5. The molecule has 0 spiro atoms. The summed E-state index contributed by atoms with van der Waals surface area (Å²) in [5.74, 6) is 1.89. The lowest BCUT2D eigenvalue weighted by Gasteiger charge is -2.14. The first-order valence-electron chi connectivity index (χ1n) is 5.90. The topological polar surface area (TPSA) is 55.6 Å². The third kappa shape index (κ3) is 2.01. The molecule has 0 bridgehead atoms. The number of benzene rings is 1. The molecule has 1 N–H and O–H groups in total. The van der Waals surface area contributed by atoms with Gasteiger partial charge in [0.05, 0.1) is 16.8 Å². The third-order valence-corrected chi connectivity index (χ3v) is 4.14. The molecule has 1 aliphatic heterocycles. The maximum absolute atomic E-state index is 4.64. The van der Waals surface area contributed by atoms with Crippen molar-refractivity contribution in [2.45, 2.75) is 13.1 Å². The molecule has 19 heavy (non-hydrogen) atoms. The fourth-order valence-electron chi connectivity index (χ4n) is 2.22. The molecule has 0 radical (unpaired) electrons. The van der Waals surface area contributed by atoms with Crippen LogP contribution in [-0.2, 0) is 13.1 Å². The summed E-state index contributed by atoms with van der Waals surface area (Å²) in [6, 6.07) is 8.17. The van der Waals surface area contributed by atoms with Crippen LogP contribution >= 0.6 is 23.7 Å². The van der Waals surface area contributed by atoms with Gasteiger partial charge >= 0.3 is 0 Å². The van der Waals surface area contributed by atoms with Crippen LogP contribution in [0.4, 0.5) is 0 Å². The number of nitrogens with zero attached hydrogens (tertiary/aromatic N) is 4. The average molecular weight is 294 g/mol. The van der Waals surface area contributed by atoms with E-state index in [-0.39, 0.29) is 12.4 Å². The molecule has 0 fully saturated rings. The maximum atomic E-state index is 4.64. The summed E-state index contributed by atoms with van der Waals surface area (Å²) in [5.41, 5.74) is 1.03. The third-order valence-electron chi connectivity index (χ3n) is 3.11.